The number of alkyl halides is 3. The van der Waals surface area contributed by atoms with Crippen LogP contribution in [-0.2, 0) is 4.79 Å². The number of nitrogens with zero attached hydrogens (tertiary/aromatic N) is 1. The van der Waals surface area contributed by atoms with Crippen molar-refractivity contribution in [3.8, 4) is 0 Å². The Hall–Kier alpha value is -2.39. The third-order valence-corrected chi connectivity index (χ3v) is 6.75. The summed E-state index contributed by atoms with van der Waals surface area (Å²) in [6, 6.07) is -0.198. The van der Waals surface area contributed by atoms with Gasteiger partial charge in [0.2, 0.25) is 5.91 Å². The Labute approximate surface area is 204 Å². The van der Waals surface area contributed by atoms with Gasteiger partial charge in [-0.1, -0.05) is 35.5 Å². The van der Waals surface area contributed by atoms with Crippen LogP contribution in [0.25, 0.3) is 0 Å². The maximum Gasteiger partial charge on any atom is 0.412 e. The maximum atomic E-state index is 15.2. The van der Waals surface area contributed by atoms with Gasteiger partial charge in [0.05, 0.1) is 6.04 Å². The summed E-state index contributed by atoms with van der Waals surface area (Å²) in [4.78, 5) is 13.0. The molecule has 2 atom stereocenters. The second-order valence-electron chi connectivity index (χ2n) is 9.92. The van der Waals surface area contributed by atoms with Gasteiger partial charge < -0.3 is 16.4 Å². The third-order valence-electron chi connectivity index (χ3n) is 6.75. The summed E-state index contributed by atoms with van der Waals surface area (Å²) in [5.74, 6) is -0.583. The van der Waals surface area contributed by atoms with Crippen LogP contribution in [-0.4, -0.2) is 41.8 Å². The van der Waals surface area contributed by atoms with Crippen molar-refractivity contribution in [1.82, 2.24) is 10.2 Å². The Balaban J connectivity index is 1.68. The average Bonchev–Trinajstić information content (AvgIpc) is 3.62. The van der Waals surface area contributed by atoms with E-state index in [9.17, 15) is 18.0 Å². The molecule has 0 bridgehead atoms. The average molecular weight is 497 g/mol. The first-order chi connectivity index (χ1) is 16.5. The van der Waals surface area contributed by atoms with E-state index in [1.165, 1.54) is 12.3 Å². The molecule has 9 heteroatoms. The highest BCUT2D eigenvalue weighted by Crippen LogP contribution is 2.43. The highest BCUT2D eigenvalue weighted by atomic mass is 19.4. The van der Waals surface area contributed by atoms with Crippen molar-refractivity contribution in [3.63, 3.8) is 0 Å². The summed E-state index contributed by atoms with van der Waals surface area (Å²) in [5.41, 5.74) is 13.7. The van der Waals surface area contributed by atoms with E-state index in [0.717, 1.165) is 42.4 Å². The zero-order valence-electron chi connectivity index (χ0n) is 20.4. The molecule has 3 aliphatic carbocycles. The molecule has 0 aromatic rings. The van der Waals surface area contributed by atoms with Crippen LogP contribution in [0.5, 0.6) is 0 Å². The van der Waals surface area contributed by atoms with Crippen molar-refractivity contribution in [3.05, 3.63) is 58.6 Å². The fraction of sp³-hybridized carbons (Fsp3) is 0.577. The van der Waals surface area contributed by atoms with E-state index >= 15 is 4.39 Å². The number of hydrogen-bond acceptors (Lipinski definition) is 4. The Kier molecular flexibility index (Phi) is 8.99. The van der Waals surface area contributed by atoms with Crippen LogP contribution in [0.2, 0.25) is 0 Å². The number of rotatable bonds is 11. The van der Waals surface area contributed by atoms with Gasteiger partial charge in [0.1, 0.15) is 12.0 Å². The zero-order valence-corrected chi connectivity index (χ0v) is 20.4. The highest BCUT2D eigenvalue weighted by molar-refractivity contribution is 5.76. The molecule has 35 heavy (non-hydrogen) atoms. The number of allylic oxidation sites excluding steroid dienone is 5. The van der Waals surface area contributed by atoms with Crippen molar-refractivity contribution >= 4 is 5.91 Å². The summed E-state index contributed by atoms with van der Waals surface area (Å²) >= 11 is 0. The molecular formula is C26H36F4N4O. The molecule has 0 aromatic carbocycles. The number of amides is 1. The Morgan fingerprint density at radius 3 is 2.26 bits per heavy atom. The zero-order chi connectivity index (χ0) is 25.8. The minimum Gasteiger partial charge on any atom is -0.369 e. The monoisotopic (exact) mass is 496 g/mol. The van der Waals surface area contributed by atoms with Crippen LogP contribution >= 0.6 is 0 Å². The second kappa shape index (κ2) is 11.6. The summed E-state index contributed by atoms with van der Waals surface area (Å²) in [6.45, 7) is 4.30. The lowest BCUT2D eigenvalue weighted by molar-refractivity contribution is -0.117. The molecule has 0 aromatic heterocycles. The van der Waals surface area contributed by atoms with E-state index in [-0.39, 0.29) is 30.8 Å². The molecule has 1 amide bonds. The molecule has 3 rings (SSSR count). The van der Waals surface area contributed by atoms with Gasteiger partial charge in [-0.2, -0.15) is 13.2 Å². The number of hydrogen-bond donors (Lipinski definition) is 3. The molecule has 0 radical (unpaired) electrons. The Bertz CT molecular complexity index is 941. The quantitative estimate of drug-likeness (QED) is 0.281. The molecule has 1 saturated carbocycles. The first kappa shape index (κ1) is 27.2. The first-order valence-corrected chi connectivity index (χ1v) is 12.2. The summed E-state index contributed by atoms with van der Waals surface area (Å²) in [6.07, 6.45) is 6.55. The fourth-order valence-electron chi connectivity index (χ4n) is 4.64. The summed E-state index contributed by atoms with van der Waals surface area (Å²) in [7, 11) is 0. The lowest BCUT2D eigenvalue weighted by Crippen LogP contribution is -2.43. The molecule has 0 heterocycles. The number of halogens is 4. The number of carbonyl (C=O) groups is 1. The SMILES string of the molecule is CC(C)N(/C=C(\F)C(N)NCC1=CC=C(CC(N)=O)CC1)C(C1=CC=C(C(F)(F)F)CC1)C1CC1. The van der Waals surface area contributed by atoms with Crippen molar-refractivity contribution < 1.29 is 22.4 Å². The van der Waals surface area contributed by atoms with E-state index < -0.39 is 23.7 Å². The van der Waals surface area contributed by atoms with E-state index in [2.05, 4.69) is 5.32 Å². The Morgan fingerprint density at radius 2 is 1.77 bits per heavy atom. The van der Waals surface area contributed by atoms with E-state index in [4.69, 9.17) is 11.5 Å². The number of primary amides is 1. The van der Waals surface area contributed by atoms with Gasteiger partial charge in [-0.15, -0.1) is 0 Å². The molecule has 0 saturated heterocycles. The van der Waals surface area contributed by atoms with Crippen molar-refractivity contribution in [2.24, 2.45) is 17.4 Å². The third kappa shape index (κ3) is 7.80. The van der Waals surface area contributed by atoms with Crippen LogP contribution in [0.3, 0.4) is 0 Å². The van der Waals surface area contributed by atoms with Crippen molar-refractivity contribution in [2.45, 2.75) is 83.2 Å². The van der Waals surface area contributed by atoms with Crippen LogP contribution < -0.4 is 16.8 Å². The molecule has 1 fully saturated rings. The lowest BCUT2D eigenvalue weighted by Gasteiger charge is -2.37. The lowest BCUT2D eigenvalue weighted by atomic mass is 9.89. The van der Waals surface area contributed by atoms with Gasteiger partial charge >= 0.3 is 6.18 Å². The maximum absolute atomic E-state index is 15.2. The van der Waals surface area contributed by atoms with Gasteiger partial charge in [-0.05, 0) is 63.9 Å². The van der Waals surface area contributed by atoms with Gasteiger partial charge in [-0.25, -0.2) is 4.39 Å². The van der Waals surface area contributed by atoms with Crippen LogP contribution in [0.15, 0.2) is 58.6 Å². The molecule has 0 aliphatic heterocycles. The molecule has 3 aliphatic rings. The molecular weight excluding hydrogens is 460 g/mol. The molecule has 0 spiro atoms. The van der Waals surface area contributed by atoms with Crippen LogP contribution in [0.4, 0.5) is 17.6 Å². The van der Waals surface area contributed by atoms with Gasteiger partial charge in [-0.3, -0.25) is 10.1 Å². The van der Waals surface area contributed by atoms with Gasteiger partial charge in [0.25, 0.3) is 0 Å². The highest BCUT2D eigenvalue weighted by Gasteiger charge is 2.40. The van der Waals surface area contributed by atoms with Crippen molar-refractivity contribution in [1.29, 1.82) is 0 Å². The van der Waals surface area contributed by atoms with Crippen LogP contribution in [0, 0.1) is 5.92 Å². The predicted molar refractivity (Wildman–Crippen MR) is 129 cm³/mol. The first-order valence-electron chi connectivity index (χ1n) is 12.2. The Morgan fingerprint density at radius 1 is 1.11 bits per heavy atom. The van der Waals surface area contributed by atoms with E-state index in [1.54, 1.807) is 6.08 Å². The van der Waals surface area contributed by atoms with Gasteiger partial charge in [0.15, 0.2) is 0 Å². The predicted octanol–water partition coefficient (Wildman–Crippen LogP) is 4.89. The largest absolute Gasteiger partial charge is 0.412 e. The molecule has 2 unspecified atom stereocenters. The molecule has 194 valence electrons. The number of carbonyl (C=O) groups excluding carboxylic acids is 1. The summed E-state index contributed by atoms with van der Waals surface area (Å²) in [5, 5.41) is 3.01. The fourth-order valence-corrected chi connectivity index (χ4v) is 4.64. The van der Waals surface area contributed by atoms with Gasteiger partial charge in [0, 0.05) is 30.8 Å². The number of nitrogens with two attached hydrogens (primary N) is 2. The normalized spacial score (nSPS) is 21.1. The standard InChI is InChI=1S/C26H36F4N4O/c1-16(2)34(24(19-7-8-19)20-9-11-21(12-10-20)26(28,29)30)15-22(27)25(32)33-14-18-5-3-17(4-6-18)13-23(31)35/h3,5,9,11,15-16,19,24-25,33H,4,6-8,10,12-14,32H2,1-2H3,(H2,31,35)/b22-15-. The van der Waals surface area contributed by atoms with Crippen molar-refractivity contribution in [2.75, 3.05) is 6.54 Å². The minimum absolute atomic E-state index is 0.0531. The molecule has 5 N–H and O–H groups in total. The smallest absolute Gasteiger partial charge is 0.369 e. The van der Waals surface area contributed by atoms with E-state index in [0.29, 0.717) is 18.9 Å². The van der Waals surface area contributed by atoms with E-state index in [1.807, 2.05) is 30.9 Å². The number of nitrogens with one attached hydrogen (secondary N) is 1. The second-order valence-corrected chi connectivity index (χ2v) is 9.92. The summed E-state index contributed by atoms with van der Waals surface area (Å²) < 4.78 is 54.3. The topological polar surface area (TPSA) is 84.4 Å². The van der Waals surface area contributed by atoms with Crippen LogP contribution in [0.1, 0.15) is 58.8 Å². The molecule has 5 nitrogen and oxygen atoms in total. The minimum atomic E-state index is -4.31.